The van der Waals surface area contributed by atoms with Gasteiger partial charge in [0, 0.05) is 19.3 Å². The molecule has 1 atom stereocenters. The van der Waals surface area contributed by atoms with E-state index in [0.717, 1.165) is 89.9 Å². The van der Waals surface area contributed by atoms with Gasteiger partial charge in [-0.3, -0.25) is 14.4 Å². The zero-order chi connectivity index (χ0) is 49.3. The van der Waals surface area contributed by atoms with Crippen LogP contribution in [0.15, 0.2) is 134 Å². The Labute approximate surface area is 417 Å². The molecule has 0 aromatic heterocycles. The Kier molecular flexibility index (Phi) is 51.5. The first-order valence-corrected chi connectivity index (χ1v) is 27.3. The van der Waals surface area contributed by atoms with Crippen LogP contribution in [0.5, 0.6) is 0 Å². The summed E-state index contributed by atoms with van der Waals surface area (Å²) in [5, 5.41) is 0. The molecule has 0 amide bonds. The van der Waals surface area contributed by atoms with Gasteiger partial charge in [0.25, 0.3) is 0 Å². The van der Waals surface area contributed by atoms with Crippen molar-refractivity contribution in [2.45, 2.75) is 226 Å². The van der Waals surface area contributed by atoms with E-state index in [-0.39, 0.29) is 37.5 Å². The molecule has 0 N–H and O–H groups in total. The van der Waals surface area contributed by atoms with Gasteiger partial charge >= 0.3 is 17.9 Å². The fourth-order valence-electron chi connectivity index (χ4n) is 6.99. The lowest BCUT2D eigenvalue weighted by Gasteiger charge is -2.18. The van der Waals surface area contributed by atoms with E-state index < -0.39 is 6.10 Å². The minimum absolute atomic E-state index is 0.115. The highest BCUT2D eigenvalue weighted by molar-refractivity contribution is 5.71. The second-order valence-corrected chi connectivity index (χ2v) is 17.6. The van der Waals surface area contributed by atoms with E-state index in [0.29, 0.717) is 19.3 Å². The first-order chi connectivity index (χ1) is 33.5. The number of allylic oxidation sites excluding steroid dienone is 22. The zero-order valence-corrected chi connectivity index (χ0v) is 43.6. The molecule has 6 heteroatoms. The van der Waals surface area contributed by atoms with Crippen molar-refractivity contribution in [2.24, 2.45) is 0 Å². The summed E-state index contributed by atoms with van der Waals surface area (Å²) in [5.41, 5.74) is 0. The van der Waals surface area contributed by atoms with Crippen molar-refractivity contribution < 1.29 is 28.6 Å². The fourth-order valence-corrected chi connectivity index (χ4v) is 6.99. The molecule has 0 aliphatic carbocycles. The third-order valence-corrected chi connectivity index (χ3v) is 11.1. The molecule has 6 nitrogen and oxygen atoms in total. The lowest BCUT2D eigenvalue weighted by molar-refractivity contribution is -0.167. The van der Waals surface area contributed by atoms with Crippen LogP contribution in [0.2, 0.25) is 0 Å². The van der Waals surface area contributed by atoms with Crippen LogP contribution in [0.4, 0.5) is 0 Å². The summed E-state index contributed by atoms with van der Waals surface area (Å²) in [7, 11) is 0. The molecule has 0 bridgehead atoms. The number of carbonyl (C=O) groups excluding carboxylic acids is 3. The molecule has 0 radical (unpaired) electrons. The van der Waals surface area contributed by atoms with E-state index in [1.165, 1.54) is 83.5 Å². The van der Waals surface area contributed by atoms with Crippen LogP contribution >= 0.6 is 0 Å². The van der Waals surface area contributed by atoms with Crippen LogP contribution in [0.1, 0.15) is 220 Å². The van der Waals surface area contributed by atoms with Crippen molar-refractivity contribution in [3.8, 4) is 0 Å². The predicted octanol–water partition coefficient (Wildman–Crippen LogP) is 18.3. The monoisotopic (exact) mass is 939 g/mol. The van der Waals surface area contributed by atoms with Gasteiger partial charge in [0.05, 0.1) is 0 Å². The normalized spacial score (nSPS) is 13.2. The van der Waals surface area contributed by atoms with Crippen LogP contribution in [-0.4, -0.2) is 37.2 Å². The molecule has 68 heavy (non-hydrogen) atoms. The molecule has 0 aromatic carbocycles. The molecule has 0 fully saturated rings. The average molecular weight is 939 g/mol. The number of hydrogen-bond donors (Lipinski definition) is 0. The minimum Gasteiger partial charge on any atom is -0.462 e. The number of unbranched alkanes of at least 4 members (excludes halogenated alkanes) is 22. The summed E-state index contributed by atoms with van der Waals surface area (Å²) in [6.45, 7) is 6.37. The van der Waals surface area contributed by atoms with Crippen molar-refractivity contribution in [2.75, 3.05) is 13.2 Å². The van der Waals surface area contributed by atoms with Crippen molar-refractivity contribution in [3.63, 3.8) is 0 Å². The Balaban J connectivity index is 4.58. The van der Waals surface area contributed by atoms with Gasteiger partial charge in [0.15, 0.2) is 6.10 Å². The zero-order valence-electron chi connectivity index (χ0n) is 43.6. The first kappa shape index (κ1) is 63.5. The van der Waals surface area contributed by atoms with Crippen LogP contribution < -0.4 is 0 Å². The lowest BCUT2D eigenvalue weighted by Crippen LogP contribution is -2.30. The van der Waals surface area contributed by atoms with Gasteiger partial charge in [-0.15, -0.1) is 0 Å². The first-order valence-electron chi connectivity index (χ1n) is 27.3. The number of carbonyl (C=O) groups is 3. The Hall–Kier alpha value is -4.45. The van der Waals surface area contributed by atoms with Gasteiger partial charge in [-0.2, -0.15) is 0 Å². The SMILES string of the molecule is CC\C=C/C=C\C=C/C=C\C=C\C=C/C=C\CCCCCC(=O)OCC(COC(=O)CCCCCCCC/C=C\C=C/CCCCC)OC(=O)CCCCC/C=C\C=C/CCCCCCCCC. The highest BCUT2D eigenvalue weighted by atomic mass is 16.6. The maximum Gasteiger partial charge on any atom is 0.306 e. The maximum absolute atomic E-state index is 12.8. The third-order valence-electron chi connectivity index (χ3n) is 11.1. The minimum atomic E-state index is -0.821. The standard InChI is InChI=1S/C62H98O6/c1-4-7-10-13-16-19-22-25-28-30-31-32-35-37-40-43-46-49-52-55-61(64)67-58-59(57-66-60(63)54-51-48-45-42-39-36-33-27-24-21-18-15-12-9-6-3)68-62(65)56-53-50-47-44-41-38-34-29-26-23-20-17-14-11-8-5-2/h7,10,13,16,18-19,21-22,24-25,27-32,34-35,37-38,40-41,59H,4-6,8-9,11-12,14-15,17,20,23,26,33,36,39,42-58H2,1-3H3/b10-7-,16-13-,21-18-,22-19-,27-24-,28-25-,31-30+,34-29-,35-32-,40-37-,41-38-. The average Bonchev–Trinajstić information content (AvgIpc) is 3.34. The molecule has 0 saturated carbocycles. The predicted molar refractivity (Wildman–Crippen MR) is 292 cm³/mol. The van der Waals surface area contributed by atoms with Crippen LogP contribution in [0.25, 0.3) is 0 Å². The molecule has 0 rings (SSSR count). The maximum atomic E-state index is 12.8. The number of rotatable bonds is 47. The van der Waals surface area contributed by atoms with Gasteiger partial charge in [-0.25, -0.2) is 0 Å². The molecular weight excluding hydrogens is 841 g/mol. The van der Waals surface area contributed by atoms with Gasteiger partial charge in [-0.05, 0) is 89.9 Å². The molecule has 0 heterocycles. The second-order valence-electron chi connectivity index (χ2n) is 17.6. The van der Waals surface area contributed by atoms with Crippen LogP contribution in [0, 0.1) is 0 Å². The Bertz CT molecular complexity index is 1500. The number of esters is 3. The van der Waals surface area contributed by atoms with Gasteiger partial charge in [-0.1, -0.05) is 244 Å². The Morgan fingerprint density at radius 3 is 0.956 bits per heavy atom. The highest BCUT2D eigenvalue weighted by Gasteiger charge is 2.19. The van der Waals surface area contributed by atoms with E-state index in [1.807, 2.05) is 72.9 Å². The largest absolute Gasteiger partial charge is 0.462 e. The quantitative estimate of drug-likeness (QED) is 0.0262. The van der Waals surface area contributed by atoms with Gasteiger partial charge < -0.3 is 14.2 Å². The third kappa shape index (κ3) is 52.5. The van der Waals surface area contributed by atoms with E-state index in [1.54, 1.807) is 0 Å². The summed E-state index contributed by atoms with van der Waals surface area (Å²) in [6.07, 6.45) is 77.1. The van der Waals surface area contributed by atoms with Crippen molar-refractivity contribution in [3.05, 3.63) is 134 Å². The molecule has 0 aromatic rings. The molecule has 1 unspecified atom stereocenters. The summed E-state index contributed by atoms with van der Waals surface area (Å²) < 4.78 is 16.8. The summed E-state index contributed by atoms with van der Waals surface area (Å²) in [4.78, 5) is 38.1. The molecule has 0 aliphatic heterocycles. The second kappa shape index (κ2) is 55.1. The number of hydrogen-bond acceptors (Lipinski definition) is 6. The van der Waals surface area contributed by atoms with E-state index in [2.05, 4.69) is 81.5 Å². The topological polar surface area (TPSA) is 78.9 Å². The molecule has 382 valence electrons. The van der Waals surface area contributed by atoms with E-state index >= 15 is 0 Å². The van der Waals surface area contributed by atoms with E-state index in [4.69, 9.17) is 14.2 Å². The van der Waals surface area contributed by atoms with Crippen LogP contribution in [0.3, 0.4) is 0 Å². The fraction of sp³-hybridized carbons (Fsp3) is 0.597. The summed E-state index contributed by atoms with van der Waals surface area (Å²) >= 11 is 0. The van der Waals surface area contributed by atoms with Gasteiger partial charge in [0.1, 0.15) is 13.2 Å². The molecular formula is C62H98O6. The smallest absolute Gasteiger partial charge is 0.306 e. The van der Waals surface area contributed by atoms with E-state index in [9.17, 15) is 14.4 Å². The summed E-state index contributed by atoms with van der Waals surface area (Å²) in [5.74, 6) is -1.00. The van der Waals surface area contributed by atoms with Crippen molar-refractivity contribution in [1.82, 2.24) is 0 Å². The Morgan fingerprint density at radius 2 is 0.574 bits per heavy atom. The lowest BCUT2D eigenvalue weighted by atomic mass is 10.1. The molecule has 0 spiro atoms. The van der Waals surface area contributed by atoms with Gasteiger partial charge in [0.2, 0.25) is 0 Å². The Morgan fingerprint density at radius 1 is 0.309 bits per heavy atom. The van der Waals surface area contributed by atoms with Crippen molar-refractivity contribution in [1.29, 1.82) is 0 Å². The molecule has 0 saturated heterocycles. The number of ether oxygens (including phenoxy) is 3. The van der Waals surface area contributed by atoms with Crippen LogP contribution in [-0.2, 0) is 28.6 Å². The molecule has 0 aliphatic rings. The highest BCUT2D eigenvalue weighted by Crippen LogP contribution is 2.13. The summed E-state index contributed by atoms with van der Waals surface area (Å²) in [6, 6.07) is 0. The van der Waals surface area contributed by atoms with Crippen molar-refractivity contribution >= 4 is 17.9 Å².